The van der Waals surface area contributed by atoms with Gasteiger partial charge in [-0.25, -0.2) is 5.43 Å². The van der Waals surface area contributed by atoms with Gasteiger partial charge in [0.05, 0.1) is 17.6 Å². The number of benzene rings is 2. The topological polar surface area (TPSA) is 89.5 Å². The van der Waals surface area contributed by atoms with Crippen molar-refractivity contribution in [1.82, 2.24) is 9.99 Å². The van der Waals surface area contributed by atoms with E-state index in [9.17, 15) is 14.9 Å². The number of hydrazone groups is 1. The molecule has 0 atom stereocenters. The lowest BCUT2D eigenvalue weighted by Crippen LogP contribution is -2.19. The SMILES string of the molecule is Cc1ccc(-n2c(C)cc(/C=N\NC(=O)Cc3ccc([N+](=O)[O-])cc3)c2C)cc1Br. The van der Waals surface area contributed by atoms with Crippen molar-refractivity contribution in [2.45, 2.75) is 27.2 Å². The summed E-state index contributed by atoms with van der Waals surface area (Å²) in [7, 11) is 0. The lowest BCUT2D eigenvalue weighted by atomic mass is 10.1. The Labute approximate surface area is 182 Å². The van der Waals surface area contributed by atoms with E-state index in [1.165, 1.54) is 17.7 Å². The predicted molar refractivity (Wildman–Crippen MR) is 120 cm³/mol. The average molecular weight is 469 g/mol. The van der Waals surface area contributed by atoms with Gasteiger partial charge in [-0.2, -0.15) is 5.10 Å². The second-order valence-electron chi connectivity index (χ2n) is 6.99. The first-order valence-electron chi connectivity index (χ1n) is 9.27. The maximum absolute atomic E-state index is 12.1. The Morgan fingerprint density at radius 2 is 1.87 bits per heavy atom. The molecule has 1 N–H and O–H groups in total. The zero-order chi connectivity index (χ0) is 21.8. The van der Waals surface area contributed by atoms with Crippen LogP contribution in [0.5, 0.6) is 0 Å². The van der Waals surface area contributed by atoms with Gasteiger partial charge in [0.2, 0.25) is 5.91 Å². The number of non-ortho nitro benzene ring substituents is 1. The second-order valence-corrected chi connectivity index (χ2v) is 7.84. The molecule has 1 heterocycles. The van der Waals surface area contributed by atoms with Crippen LogP contribution in [-0.4, -0.2) is 21.6 Å². The van der Waals surface area contributed by atoms with Gasteiger partial charge in [-0.05, 0) is 50.1 Å². The van der Waals surface area contributed by atoms with E-state index in [2.05, 4.69) is 49.2 Å². The molecule has 3 rings (SSSR count). The summed E-state index contributed by atoms with van der Waals surface area (Å²) in [6.45, 7) is 6.06. The maximum atomic E-state index is 12.1. The van der Waals surface area contributed by atoms with Gasteiger partial charge in [-0.1, -0.05) is 34.1 Å². The highest BCUT2D eigenvalue weighted by Crippen LogP contribution is 2.24. The van der Waals surface area contributed by atoms with E-state index in [1.807, 2.05) is 26.8 Å². The maximum Gasteiger partial charge on any atom is 0.269 e. The molecule has 1 aromatic heterocycles. The minimum absolute atomic E-state index is 0.00635. The van der Waals surface area contributed by atoms with Gasteiger partial charge >= 0.3 is 0 Å². The molecule has 154 valence electrons. The second kappa shape index (κ2) is 9.04. The first-order chi connectivity index (χ1) is 14.3. The van der Waals surface area contributed by atoms with Crippen LogP contribution in [-0.2, 0) is 11.2 Å². The number of nitro groups is 1. The monoisotopic (exact) mass is 468 g/mol. The smallest absolute Gasteiger partial charge is 0.269 e. The summed E-state index contributed by atoms with van der Waals surface area (Å²) < 4.78 is 3.17. The summed E-state index contributed by atoms with van der Waals surface area (Å²) in [6.07, 6.45) is 1.71. The Hall–Kier alpha value is -3.26. The van der Waals surface area contributed by atoms with Crippen LogP contribution < -0.4 is 5.43 Å². The molecule has 0 aliphatic carbocycles. The van der Waals surface area contributed by atoms with Crippen LogP contribution in [0.15, 0.2) is 58.1 Å². The Kier molecular flexibility index (Phi) is 6.47. The summed E-state index contributed by atoms with van der Waals surface area (Å²) in [5.74, 6) is -0.295. The van der Waals surface area contributed by atoms with E-state index in [0.29, 0.717) is 5.56 Å². The number of carbonyl (C=O) groups is 1. The number of aryl methyl sites for hydroxylation is 2. The van der Waals surface area contributed by atoms with Crippen LogP contribution in [0.25, 0.3) is 5.69 Å². The summed E-state index contributed by atoms with van der Waals surface area (Å²) in [6, 6.07) is 14.1. The van der Waals surface area contributed by atoms with Gasteiger partial charge < -0.3 is 4.57 Å². The van der Waals surface area contributed by atoms with Gasteiger partial charge in [0.1, 0.15) is 0 Å². The Balaban J connectivity index is 1.68. The molecule has 2 aromatic carbocycles. The Morgan fingerprint density at radius 1 is 1.17 bits per heavy atom. The Morgan fingerprint density at radius 3 is 2.50 bits per heavy atom. The zero-order valence-corrected chi connectivity index (χ0v) is 18.4. The lowest BCUT2D eigenvalue weighted by Gasteiger charge is -2.11. The van der Waals surface area contributed by atoms with Gasteiger partial charge in [-0.3, -0.25) is 14.9 Å². The molecule has 0 fully saturated rings. The van der Waals surface area contributed by atoms with Crippen molar-refractivity contribution >= 4 is 33.7 Å². The van der Waals surface area contributed by atoms with Crippen molar-refractivity contribution in [2.75, 3.05) is 0 Å². The lowest BCUT2D eigenvalue weighted by molar-refractivity contribution is -0.384. The third-order valence-corrected chi connectivity index (χ3v) is 5.64. The van der Waals surface area contributed by atoms with Gasteiger partial charge in [0.15, 0.2) is 0 Å². The fraction of sp³-hybridized carbons (Fsp3) is 0.182. The zero-order valence-electron chi connectivity index (χ0n) is 16.8. The van der Waals surface area contributed by atoms with Crippen molar-refractivity contribution in [1.29, 1.82) is 0 Å². The minimum Gasteiger partial charge on any atom is -0.318 e. The quantitative estimate of drug-likeness (QED) is 0.321. The summed E-state index contributed by atoms with van der Waals surface area (Å²) in [4.78, 5) is 22.3. The number of nitrogens with one attached hydrogen (secondary N) is 1. The molecule has 0 aliphatic heterocycles. The van der Waals surface area contributed by atoms with Crippen molar-refractivity contribution < 1.29 is 9.72 Å². The number of nitro benzene ring substituents is 1. The number of rotatable bonds is 6. The summed E-state index contributed by atoms with van der Waals surface area (Å²) in [5.41, 5.74) is 8.36. The normalized spacial score (nSPS) is 11.1. The van der Waals surface area contributed by atoms with E-state index in [-0.39, 0.29) is 18.0 Å². The average Bonchev–Trinajstić information content (AvgIpc) is 2.98. The number of amides is 1. The molecule has 1 amide bonds. The van der Waals surface area contributed by atoms with Crippen LogP contribution in [0.3, 0.4) is 0 Å². The van der Waals surface area contributed by atoms with E-state index in [1.54, 1.807) is 18.3 Å². The molecule has 0 bridgehead atoms. The first-order valence-corrected chi connectivity index (χ1v) is 10.1. The highest BCUT2D eigenvalue weighted by molar-refractivity contribution is 9.10. The van der Waals surface area contributed by atoms with Crippen molar-refractivity contribution in [3.05, 3.63) is 91.2 Å². The van der Waals surface area contributed by atoms with Gasteiger partial charge in [0, 0.05) is 39.2 Å². The van der Waals surface area contributed by atoms with Crippen LogP contribution in [0.2, 0.25) is 0 Å². The predicted octanol–water partition coefficient (Wildman–Crippen LogP) is 4.77. The molecular formula is C22H21BrN4O3. The molecule has 8 heteroatoms. The fourth-order valence-corrected chi connectivity index (χ4v) is 3.54. The third kappa shape index (κ3) is 4.83. The van der Waals surface area contributed by atoms with Crippen LogP contribution in [0.4, 0.5) is 5.69 Å². The summed E-state index contributed by atoms with van der Waals surface area (Å²) in [5, 5.41) is 14.8. The van der Waals surface area contributed by atoms with Crippen molar-refractivity contribution in [2.24, 2.45) is 5.10 Å². The van der Waals surface area contributed by atoms with Crippen LogP contribution >= 0.6 is 15.9 Å². The molecule has 0 saturated heterocycles. The molecule has 0 saturated carbocycles. The van der Waals surface area contributed by atoms with E-state index >= 15 is 0 Å². The highest BCUT2D eigenvalue weighted by Gasteiger charge is 2.11. The van der Waals surface area contributed by atoms with Gasteiger partial charge in [-0.15, -0.1) is 0 Å². The highest BCUT2D eigenvalue weighted by atomic mass is 79.9. The number of hydrogen-bond donors (Lipinski definition) is 1. The molecule has 0 unspecified atom stereocenters. The fourth-order valence-electron chi connectivity index (χ4n) is 3.17. The molecule has 7 nitrogen and oxygen atoms in total. The number of halogens is 1. The summed E-state index contributed by atoms with van der Waals surface area (Å²) >= 11 is 3.57. The molecule has 3 aromatic rings. The number of aromatic nitrogens is 1. The number of carbonyl (C=O) groups excluding carboxylic acids is 1. The minimum atomic E-state index is -0.472. The van der Waals surface area contributed by atoms with Crippen molar-refractivity contribution in [3.8, 4) is 5.69 Å². The first kappa shape index (κ1) is 21.4. The Bertz CT molecular complexity index is 1130. The van der Waals surface area contributed by atoms with Gasteiger partial charge in [0.25, 0.3) is 5.69 Å². The number of nitrogens with zero attached hydrogens (tertiary/aromatic N) is 3. The standard InChI is InChI=1S/C22H21BrN4O3/c1-14-4-7-20(12-21(14)23)26-15(2)10-18(16(26)3)13-24-25-22(28)11-17-5-8-19(9-6-17)27(29)30/h4-10,12-13H,11H2,1-3H3,(H,25,28)/b24-13-. The molecule has 0 radical (unpaired) electrons. The van der Waals surface area contributed by atoms with Crippen LogP contribution in [0, 0.1) is 30.9 Å². The van der Waals surface area contributed by atoms with Crippen LogP contribution in [0.1, 0.15) is 28.1 Å². The molecular weight excluding hydrogens is 448 g/mol. The largest absolute Gasteiger partial charge is 0.318 e. The molecule has 0 spiro atoms. The van der Waals surface area contributed by atoms with E-state index < -0.39 is 4.92 Å². The molecule has 0 aliphatic rings. The molecule has 30 heavy (non-hydrogen) atoms. The van der Waals surface area contributed by atoms with E-state index in [4.69, 9.17) is 0 Å². The van der Waals surface area contributed by atoms with Crippen molar-refractivity contribution in [3.63, 3.8) is 0 Å². The van der Waals surface area contributed by atoms with E-state index in [0.717, 1.165) is 27.1 Å². The third-order valence-electron chi connectivity index (χ3n) is 4.79. The number of hydrogen-bond acceptors (Lipinski definition) is 4.